The first kappa shape index (κ1) is 75.0. The van der Waals surface area contributed by atoms with Gasteiger partial charge in [-0.1, -0.05) is 365 Å². The van der Waals surface area contributed by atoms with Crippen molar-refractivity contribution in [3.63, 3.8) is 0 Å². The third-order valence-corrected chi connectivity index (χ3v) is 28.3. The van der Waals surface area contributed by atoms with Crippen molar-refractivity contribution in [1.29, 1.82) is 0 Å². The molecule has 4 heterocycles. The summed E-state index contributed by atoms with van der Waals surface area (Å²) in [5.74, 6) is 0. The highest BCUT2D eigenvalue weighted by Gasteiger charge is 2.47. The van der Waals surface area contributed by atoms with Gasteiger partial charge < -0.3 is 18.9 Å². The summed E-state index contributed by atoms with van der Waals surface area (Å²) in [6.45, 7) is 35.8. The smallest absolute Gasteiger partial charge is 0.252 e. The highest BCUT2D eigenvalue weighted by atomic mass is 15.2. The SMILES string of the molecule is CC(C)(C)c1cc2c3c(c1)N(c1c(-c4ccccc4)cccc1-c1cccc(-c4ccccc4)c1)c1cc(-n4c5cc(C(C)(C)C)c6cccc7c8cccc9c(C(C)(C)C)cc4c(c98)c5c67)ccc1B3c1ccc(-n3c4cc(C(C)(C)C)c5cccc6c7cccc8c(C(C)(C)C)cc3c(c87)c4c56)cc1N2c1c(-c2ccccc2)cccc1-c1ccccc1. The number of aromatic nitrogens is 2. The molecule has 0 bridgehead atoms. The second kappa shape index (κ2) is 26.4. The first-order valence-electron chi connectivity index (χ1n) is 44.9. The lowest BCUT2D eigenvalue weighted by atomic mass is 9.33. The van der Waals surface area contributed by atoms with E-state index in [0.29, 0.717) is 0 Å². The average molecular weight is 1610 g/mol. The molecule has 5 heteroatoms. The number of hydrogen-bond donors (Lipinski definition) is 0. The van der Waals surface area contributed by atoms with Crippen molar-refractivity contribution in [3.8, 4) is 67.0 Å². The topological polar surface area (TPSA) is 16.3 Å². The standard InChI is InChI=1S/C120H99BN4/c1-116(2,3)76-62-103-113-104(63-76)125(115-81(73-41-26-19-27-42-73)47-30-48-82(115)75-44-28-43-74(61-75)70-35-20-16-21-36-70)98-65-78(123-101-68-93(119(10,11)12)89-55-33-51-85-86-52-34-56-90-94(120(13,14)15)69-102(123)112(108(86)90)111(101)107(85)89)58-60-96(98)121(113)95-59-57-77(64-97(95)124(103)114-79(71-37-22-17-23-38-71)45-29-46-80(114)72-39-24-18-25-40-72)122-99-66-91(117(4,5)6)87-53-31-49-83-84-50-32-54-88-92(118(7,8)9)67-100(122)110(106(84)88)109(99)105(83)87/h16-69H,1-15H3. The number of nitrogens with zero attached hydrogens (tertiary/aromatic N) is 4. The van der Waals surface area contributed by atoms with Gasteiger partial charge in [0, 0.05) is 77.9 Å². The van der Waals surface area contributed by atoms with Crippen molar-refractivity contribution in [2.75, 3.05) is 9.80 Å². The monoisotopic (exact) mass is 1610 g/mol. The van der Waals surface area contributed by atoms with Crippen molar-refractivity contribution in [3.05, 3.63) is 355 Å². The minimum atomic E-state index is -0.377. The van der Waals surface area contributed by atoms with Crippen molar-refractivity contribution < 1.29 is 0 Å². The second-order valence-corrected chi connectivity index (χ2v) is 41.1. The van der Waals surface area contributed by atoms with Gasteiger partial charge in [0.2, 0.25) is 0 Å². The van der Waals surface area contributed by atoms with Gasteiger partial charge in [-0.3, -0.25) is 0 Å². The van der Waals surface area contributed by atoms with Crippen LogP contribution in [0.3, 0.4) is 0 Å². The van der Waals surface area contributed by atoms with Crippen LogP contribution in [0.2, 0.25) is 0 Å². The highest BCUT2D eigenvalue weighted by Crippen LogP contribution is 2.59. The highest BCUT2D eigenvalue weighted by molar-refractivity contribution is 7.00. The molecule has 2 aliphatic rings. The van der Waals surface area contributed by atoms with Crippen molar-refractivity contribution in [1.82, 2.24) is 9.13 Å². The fraction of sp³-hybridized carbons (Fsp3) is 0.167. The molecule has 602 valence electrons. The molecule has 0 fully saturated rings. The van der Waals surface area contributed by atoms with Crippen LogP contribution in [0.5, 0.6) is 0 Å². The molecule has 0 spiro atoms. The number of hydrogen-bond acceptors (Lipinski definition) is 2. The number of anilines is 6. The Hall–Kier alpha value is -13.7. The van der Waals surface area contributed by atoms with Gasteiger partial charge in [0.1, 0.15) is 0 Å². The largest absolute Gasteiger partial charge is 0.310 e. The quantitative estimate of drug-likeness (QED) is 0.0813. The third-order valence-electron chi connectivity index (χ3n) is 28.3. The number of para-hydroxylation sites is 2. The summed E-state index contributed by atoms with van der Waals surface area (Å²) in [7, 11) is 0. The lowest BCUT2D eigenvalue weighted by Crippen LogP contribution is -2.61. The van der Waals surface area contributed by atoms with E-state index in [2.05, 4.69) is 450 Å². The minimum Gasteiger partial charge on any atom is -0.310 e. The molecule has 4 nitrogen and oxygen atoms in total. The summed E-state index contributed by atoms with van der Waals surface area (Å²) in [6.07, 6.45) is 0. The van der Waals surface area contributed by atoms with E-state index in [4.69, 9.17) is 0 Å². The molecule has 125 heavy (non-hydrogen) atoms. The van der Waals surface area contributed by atoms with Crippen LogP contribution in [0.25, 0.3) is 175 Å². The van der Waals surface area contributed by atoms with Crippen molar-refractivity contribution in [2.45, 2.75) is 131 Å². The first-order chi connectivity index (χ1) is 60.2. The Labute approximate surface area is 732 Å². The summed E-state index contributed by atoms with van der Waals surface area (Å²) in [4.78, 5) is 5.54. The van der Waals surface area contributed by atoms with E-state index in [-0.39, 0.29) is 33.8 Å². The zero-order chi connectivity index (χ0) is 85.1. The van der Waals surface area contributed by atoms with Crippen molar-refractivity contribution >= 4 is 165 Å². The molecule has 0 atom stereocenters. The summed E-state index contributed by atoms with van der Waals surface area (Å²) in [5, 5.41) is 21.3. The zero-order valence-electron chi connectivity index (χ0n) is 74.0. The summed E-state index contributed by atoms with van der Waals surface area (Å²) in [6, 6.07) is 128. The van der Waals surface area contributed by atoms with Crippen LogP contribution in [0.15, 0.2) is 328 Å². The summed E-state index contributed by atoms with van der Waals surface area (Å²) < 4.78 is 5.41. The Morgan fingerprint density at radius 3 is 0.808 bits per heavy atom. The van der Waals surface area contributed by atoms with E-state index in [0.717, 1.165) is 90.0 Å². The Balaban J connectivity index is 0.882. The molecule has 22 aromatic rings. The average Bonchev–Trinajstić information content (AvgIpc) is 1.20. The molecular weight excluding hydrogens is 1510 g/mol. The van der Waals surface area contributed by atoms with Gasteiger partial charge in [0.05, 0.1) is 33.4 Å². The van der Waals surface area contributed by atoms with E-state index in [1.807, 2.05) is 0 Å². The zero-order valence-corrected chi connectivity index (χ0v) is 74.0. The van der Waals surface area contributed by atoms with Gasteiger partial charge in [-0.05, 0) is 236 Å². The lowest BCUT2D eigenvalue weighted by molar-refractivity contribution is 0.590. The van der Waals surface area contributed by atoms with Gasteiger partial charge in [0.15, 0.2) is 0 Å². The number of fused-ring (bicyclic) bond motifs is 6. The second-order valence-electron chi connectivity index (χ2n) is 41.1. The Kier molecular flexibility index (Phi) is 15.9. The molecule has 0 saturated heterocycles. The van der Waals surface area contributed by atoms with Crippen molar-refractivity contribution in [2.24, 2.45) is 0 Å². The maximum Gasteiger partial charge on any atom is 0.252 e. The van der Waals surface area contributed by atoms with E-state index in [9.17, 15) is 0 Å². The first-order valence-corrected chi connectivity index (χ1v) is 44.9. The number of benzene rings is 20. The molecule has 0 aliphatic carbocycles. The van der Waals surface area contributed by atoms with E-state index in [1.165, 1.54) is 164 Å². The predicted molar refractivity (Wildman–Crippen MR) is 540 cm³/mol. The Morgan fingerprint density at radius 1 is 0.208 bits per heavy atom. The van der Waals surface area contributed by atoms with Crippen LogP contribution < -0.4 is 26.2 Å². The normalized spacial score (nSPS) is 13.5. The van der Waals surface area contributed by atoms with Crippen LogP contribution in [-0.4, -0.2) is 15.8 Å². The Bertz CT molecular complexity index is 7910. The van der Waals surface area contributed by atoms with Crippen LogP contribution in [0.4, 0.5) is 34.1 Å². The minimum absolute atomic E-state index is 0.196. The fourth-order valence-corrected chi connectivity index (χ4v) is 22.8. The molecule has 2 aliphatic heterocycles. The lowest BCUT2D eigenvalue weighted by Gasteiger charge is -2.46. The predicted octanol–water partition coefficient (Wildman–Crippen LogP) is 31.5. The number of rotatable bonds is 9. The molecule has 0 N–H and O–H groups in total. The molecule has 24 rings (SSSR count). The van der Waals surface area contributed by atoms with Gasteiger partial charge in [-0.2, -0.15) is 0 Å². The molecule has 0 saturated carbocycles. The van der Waals surface area contributed by atoms with Crippen LogP contribution in [-0.2, 0) is 27.1 Å². The molecular formula is C120H99BN4. The van der Waals surface area contributed by atoms with Crippen LogP contribution in [0.1, 0.15) is 132 Å². The van der Waals surface area contributed by atoms with Crippen LogP contribution >= 0.6 is 0 Å². The summed E-state index contributed by atoms with van der Waals surface area (Å²) >= 11 is 0. The maximum atomic E-state index is 2.78. The van der Waals surface area contributed by atoms with E-state index >= 15 is 0 Å². The van der Waals surface area contributed by atoms with E-state index in [1.54, 1.807) is 0 Å². The van der Waals surface area contributed by atoms with Gasteiger partial charge in [-0.25, -0.2) is 0 Å². The fourth-order valence-electron chi connectivity index (χ4n) is 22.8. The molecule has 2 aromatic heterocycles. The molecule has 0 amide bonds. The molecule has 20 aromatic carbocycles. The van der Waals surface area contributed by atoms with E-state index < -0.39 is 0 Å². The molecule has 0 radical (unpaired) electrons. The van der Waals surface area contributed by atoms with Gasteiger partial charge in [-0.15, -0.1) is 0 Å². The van der Waals surface area contributed by atoms with Crippen LogP contribution in [0, 0.1) is 0 Å². The Morgan fingerprint density at radius 2 is 0.488 bits per heavy atom. The van der Waals surface area contributed by atoms with Gasteiger partial charge >= 0.3 is 0 Å². The maximum absolute atomic E-state index is 2.78. The summed E-state index contributed by atoms with van der Waals surface area (Å²) in [5.41, 5.74) is 34.6. The molecule has 0 unspecified atom stereocenters. The van der Waals surface area contributed by atoms with Gasteiger partial charge in [0.25, 0.3) is 6.71 Å². The third kappa shape index (κ3) is 10.9.